The Labute approximate surface area is 70.1 Å². The zero-order valence-corrected chi connectivity index (χ0v) is 6.84. The van der Waals surface area contributed by atoms with Crippen LogP contribution < -0.4 is 0 Å². The molecule has 1 aliphatic rings. The van der Waals surface area contributed by atoms with Gasteiger partial charge in [0.1, 0.15) is 11.5 Å². The van der Waals surface area contributed by atoms with Crippen LogP contribution in [0.2, 0.25) is 0 Å². The van der Waals surface area contributed by atoms with Crippen molar-refractivity contribution < 1.29 is 10.2 Å². The topological polar surface area (TPSA) is 40.5 Å². The highest BCUT2D eigenvalue weighted by atomic mass is 35.5. The van der Waals surface area contributed by atoms with Gasteiger partial charge in [-0.1, -0.05) is 0 Å². The number of aliphatic hydroxyl groups excluding tert-OH is 2. The molecule has 0 fully saturated rings. The van der Waals surface area contributed by atoms with Crippen LogP contribution >= 0.6 is 11.6 Å². The van der Waals surface area contributed by atoms with Gasteiger partial charge in [0.05, 0.1) is 4.87 Å². The van der Waals surface area contributed by atoms with E-state index < -0.39 is 4.87 Å². The van der Waals surface area contributed by atoms with Crippen LogP contribution in [-0.4, -0.2) is 15.1 Å². The van der Waals surface area contributed by atoms with E-state index in [1.54, 1.807) is 6.92 Å². The van der Waals surface area contributed by atoms with Crippen molar-refractivity contribution in [3.63, 3.8) is 0 Å². The van der Waals surface area contributed by atoms with Gasteiger partial charge in [-0.15, -0.1) is 11.6 Å². The normalized spacial score (nSPS) is 22.0. The van der Waals surface area contributed by atoms with Gasteiger partial charge < -0.3 is 10.2 Å². The van der Waals surface area contributed by atoms with Gasteiger partial charge in [0.15, 0.2) is 0 Å². The zero-order valence-electron chi connectivity index (χ0n) is 6.08. The molecule has 2 nitrogen and oxygen atoms in total. The molecule has 0 bridgehead atoms. The van der Waals surface area contributed by atoms with Crippen LogP contribution in [0.25, 0.3) is 0 Å². The molecule has 0 radical (unpaired) electrons. The van der Waals surface area contributed by atoms with E-state index >= 15 is 0 Å². The lowest BCUT2D eigenvalue weighted by Crippen LogP contribution is -2.08. The average Bonchev–Trinajstić information content (AvgIpc) is 1.89. The van der Waals surface area contributed by atoms with Crippen molar-refractivity contribution in [2.24, 2.45) is 0 Å². The molecule has 1 aliphatic carbocycles. The fraction of sp³-hybridized carbons (Fsp3) is 0.250. The van der Waals surface area contributed by atoms with E-state index in [1.165, 1.54) is 24.3 Å². The van der Waals surface area contributed by atoms with Crippen molar-refractivity contribution in [1.29, 1.82) is 0 Å². The fourth-order valence-electron chi connectivity index (χ4n) is 0.887. The largest absolute Gasteiger partial charge is 0.508 e. The Kier molecular flexibility index (Phi) is 1.96. The monoisotopic (exact) mass is 172 g/mol. The third-order valence-electron chi connectivity index (χ3n) is 1.29. The Bertz CT molecular complexity index is 225. The molecule has 0 aromatic carbocycles. The van der Waals surface area contributed by atoms with Crippen molar-refractivity contribution in [3.05, 3.63) is 35.8 Å². The predicted octanol–water partition coefficient (Wildman–Crippen LogP) is 2.44. The minimum absolute atomic E-state index is 0.0581. The minimum atomic E-state index is -0.808. The molecule has 0 saturated carbocycles. The minimum Gasteiger partial charge on any atom is -0.508 e. The van der Waals surface area contributed by atoms with Crippen LogP contribution in [0.1, 0.15) is 6.92 Å². The summed E-state index contributed by atoms with van der Waals surface area (Å²) in [6.45, 7) is 1.67. The molecule has 0 aliphatic heterocycles. The molecule has 2 N–H and O–H groups in total. The molecule has 0 aromatic heterocycles. The average molecular weight is 173 g/mol. The maximum Gasteiger partial charge on any atom is 0.113 e. The molecule has 0 heterocycles. The molecule has 0 atom stereocenters. The zero-order chi connectivity index (χ0) is 8.48. The highest BCUT2D eigenvalue weighted by molar-refractivity contribution is 6.26. The van der Waals surface area contributed by atoms with Crippen molar-refractivity contribution >= 4 is 11.6 Å². The molecule has 1 rings (SSSR count). The number of hydrogen-bond acceptors (Lipinski definition) is 2. The van der Waals surface area contributed by atoms with Gasteiger partial charge in [-0.2, -0.15) is 0 Å². The molecular formula is C8H9ClO2. The molecule has 3 heteroatoms. The Morgan fingerprint density at radius 2 is 1.55 bits per heavy atom. The van der Waals surface area contributed by atoms with E-state index in [4.69, 9.17) is 21.8 Å². The fourth-order valence-corrected chi connectivity index (χ4v) is 1.11. The molecule has 0 spiro atoms. The first-order chi connectivity index (χ1) is 4.99. The van der Waals surface area contributed by atoms with E-state index in [-0.39, 0.29) is 11.5 Å². The molecule has 0 saturated heterocycles. The lowest BCUT2D eigenvalue weighted by Gasteiger charge is -2.10. The highest BCUT2D eigenvalue weighted by Gasteiger charge is 2.17. The van der Waals surface area contributed by atoms with E-state index in [0.717, 1.165) is 0 Å². The van der Waals surface area contributed by atoms with Gasteiger partial charge in [0.2, 0.25) is 0 Å². The second kappa shape index (κ2) is 2.62. The highest BCUT2D eigenvalue weighted by Crippen LogP contribution is 2.23. The molecular weight excluding hydrogens is 164 g/mol. The Morgan fingerprint density at radius 1 is 1.18 bits per heavy atom. The quantitative estimate of drug-likeness (QED) is 0.551. The standard InChI is InChI=1S/C8H9ClO2/c1-8(9)4-6(10)2-3-7(11)5-8/h2-5,10-11H,1H3. The second-order valence-corrected chi connectivity index (χ2v) is 3.44. The number of hydrogen-bond donors (Lipinski definition) is 2. The van der Waals surface area contributed by atoms with Crippen LogP contribution in [0.3, 0.4) is 0 Å². The maximum atomic E-state index is 9.09. The summed E-state index contributed by atoms with van der Waals surface area (Å²) in [7, 11) is 0. The van der Waals surface area contributed by atoms with Crippen molar-refractivity contribution in [3.8, 4) is 0 Å². The van der Waals surface area contributed by atoms with Gasteiger partial charge in [-0.3, -0.25) is 0 Å². The lowest BCUT2D eigenvalue weighted by atomic mass is 10.1. The third kappa shape index (κ3) is 2.31. The van der Waals surface area contributed by atoms with E-state index in [9.17, 15) is 0 Å². The third-order valence-corrected chi connectivity index (χ3v) is 1.50. The lowest BCUT2D eigenvalue weighted by molar-refractivity contribution is 0.425. The Morgan fingerprint density at radius 3 is 1.91 bits per heavy atom. The molecule has 11 heavy (non-hydrogen) atoms. The summed E-state index contributed by atoms with van der Waals surface area (Å²) in [5.74, 6) is 0.116. The van der Waals surface area contributed by atoms with Crippen LogP contribution in [0, 0.1) is 0 Å². The Balaban J connectivity index is 3.03. The summed E-state index contributed by atoms with van der Waals surface area (Å²) in [5.41, 5.74) is 0. The molecule has 0 unspecified atom stereocenters. The van der Waals surface area contributed by atoms with Gasteiger partial charge in [-0.05, 0) is 31.2 Å². The summed E-state index contributed by atoms with van der Waals surface area (Å²) in [6, 6.07) is 0. The van der Waals surface area contributed by atoms with Gasteiger partial charge in [-0.25, -0.2) is 0 Å². The van der Waals surface area contributed by atoms with Crippen LogP contribution in [0.4, 0.5) is 0 Å². The second-order valence-electron chi connectivity index (χ2n) is 2.62. The first kappa shape index (κ1) is 8.21. The van der Waals surface area contributed by atoms with E-state index in [2.05, 4.69) is 0 Å². The smallest absolute Gasteiger partial charge is 0.113 e. The molecule has 60 valence electrons. The summed E-state index contributed by atoms with van der Waals surface area (Å²) in [6.07, 6.45) is 5.68. The maximum absolute atomic E-state index is 9.09. The summed E-state index contributed by atoms with van der Waals surface area (Å²) < 4.78 is 0. The van der Waals surface area contributed by atoms with Crippen molar-refractivity contribution in [1.82, 2.24) is 0 Å². The van der Waals surface area contributed by atoms with Crippen LogP contribution in [0.5, 0.6) is 0 Å². The summed E-state index contributed by atoms with van der Waals surface area (Å²) in [4.78, 5) is -0.808. The van der Waals surface area contributed by atoms with E-state index in [1.807, 2.05) is 0 Å². The van der Waals surface area contributed by atoms with Crippen molar-refractivity contribution in [2.75, 3.05) is 0 Å². The van der Waals surface area contributed by atoms with Gasteiger partial charge in [0.25, 0.3) is 0 Å². The van der Waals surface area contributed by atoms with Gasteiger partial charge >= 0.3 is 0 Å². The molecule has 0 amide bonds. The summed E-state index contributed by atoms with van der Waals surface area (Å²) >= 11 is 5.85. The molecule has 0 aromatic rings. The van der Waals surface area contributed by atoms with Crippen molar-refractivity contribution in [2.45, 2.75) is 11.8 Å². The van der Waals surface area contributed by atoms with Crippen LogP contribution in [-0.2, 0) is 0 Å². The van der Waals surface area contributed by atoms with Crippen LogP contribution in [0.15, 0.2) is 35.8 Å². The number of allylic oxidation sites excluding steroid dienone is 4. The first-order valence-electron chi connectivity index (χ1n) is 3.20. The number of halogens is 1. The number of rotatable bonds is 0. The number of aliphatic hydroxyl groups is 2. The Hall–Kier alpha value is -0.890. The number of alkyl halides is 1. The van der Waals surface area contributed by atoms with E-state index in [0.29, 0.717) is 0 Å². The summed E-state index contributed by atoms with van der Waals surface area (Å²) in [5, 5.41) is 18.2. The SMILES string of the molecule is CC1(Cl)C=C(O)C=CC(O)=C1. The predicted molar refractivity (Wildman–Crippen MR) is 44.8 cm³/mol. The first-order valence-corrected chi connectivity index (χ1v) is 3.58. The van der Waals surface area contributed by atoms with Gasteiger partial charge in [0, 0.05) is 0 Å².